The highest BCUT2D eigenvalue weighted by molar-refractivity contribution is 6.31. The van der Waals surface area contributed by atoms with E-state index in [-0.39, 0.29) is 18.0 Å². The summed E-state index contributed by atoms with van der Waals surface area (Å²) in [6, 6.07) is 4.06. The normalized spacial score (nSPS) is 11.6. The van der Waals surface area contributed by atoms with E-state index in [1.165, 1.54) is 18.2 Å². The minimum atomic E-state index is -0.787. The van der Waals surface area contributed by atoms with Gasteiger partial charge in [-0.1, -0.05) is 25.4 Å². The van der Waals surface area contributed by atoms with Crippen molar-refractivity contribution in [2.45, 2.75) is 45.6 Å². The van der Waals surface area contributed by atoms with Crippen LogP contribution in [0.4, 0.5) is 4.39 Å². The molecule has 0 saturated carbocycles. The fourth-order valence-electron chi connectivity index (χ4n) is 2.22. The van der Waals surface area contributed by atoms with Crippen LogP contribution in [-0.2, 0) is 16.0 Å². The molecule has 19 heavy (non-hydrogen) atoms. The summed E-state index contributed by atoms with van der Waals surface area (Å²) in [4.78, 5) is 12.4. The van der Waals surface area contributed by atoms with Gasteiger partial charge in [-0.2, -0.15) is 0 Å². The fraction of sp³-hybridized carbons (Fsp3) is 0.533. The van der Waals surface area contributed by atoms with Gasteiger partial charge in [-0.25, -0.2) is 4.39 Å². The van der Waals surface area contributed by atoms with Crippen LogP contribution in [0.15, 0.2) is 18.2 Å². The molecule has 0 spiro atoms. The summed E-state index contributed by atoms with van der Waals surface area (Å²) >= 11 is 5.99. The lowest BCUT2D eigenvalue weighted by Crippen LogP contribution is -2.41. The van der Waals surface area contributed by atoms with Crippen LogP contribution in [0.3, 0.4) is 0 Å². The average molecular weight is 287 g/mol. The van der Waals surface area contributed by atoms with Gasteiger partial charge in [-0.05, 0) is 43.5 Å². The molecule has 1 aromatic rings. The lowest BCUT2D eigenvalue weighted by Gasteiger charge is -2.30. The van der Waals surface area contributed by atoms with Crippen molar-refractivity contribution < 1.29 is 13.9 Å². The summed E-state index contributed by atoms with van der Waals surface area (Å²) in [5.74, 6) is -0.436. The zero-order chi connectivity index (χ0) is 14.5. The molecular weight excluding hydrogens is 267 g/mol. The minimum absolute atomic E-state index is 0.0492. The lowest BCUT2D eigenvalue weighted by atomic mass is 9.88. The summed E-state index contributed by atoms with van der Waals surface area (Å²) in [7, 11) is 0. The predicted molar refractivity (Wildman–Crippen MR) is 75.1 cm³/mol. The molecule has 0 aliphatic rings. The number of hydrogen-bond donors (Lipinski definition) is 0. The largest absolute Gasteiger partial charge is 0.368 e. The second-order valence-corrected chi connectivity index (χ2v) is 4.88. The number of ketones is 1. The van der Waals surface area contributed by atoms with Crippen molar-refractivity contribution in [1.29, 1.82) is 0 Å². The Kier molecular flexibility index (Phi) is 5.95. The van der Waals surface area contributed by atoms with Crippen molar-refractivity contribution in [3.8, 4) is 0 Å². The van der Waals surface area contributed by atoms with Crippen LogP contribution in [0.1, 0.15) is 39.2 Å². The van der Waals surface area contributed by atoms with E-state index < -0.39 is 5.60 Å². The highest BCUT2D eigenvalue weighted by atomic mass is 35.5. The van der Waals surface area contributed by atoms with Gasteiger partial charge in [-0.3, -0.25) is 4.79 Å². The molecule has 0 saturated heterocycles. The Bertz CT molecular complexity index is 442. The third-order valence-electron chi connectivity index (χ3n) is 3.43. The SMILES string of the molecule is CCOC(CC)(CC)C(=O)Cc1cc(F)ccc1Cl. The molecule has 0 fully saturated rings. The van der Waals surface area contributed by atoms with E-state index in [0.29, 0.717) is 30.0 Å². The van der Waals surface area contributed by atoms with Gasteiger partial charge in [0.25, 0.3) is 0 Å². The van der Waals surface area contributed by atoms with Crippen molar-refractivity contribution in [1.82, 2.24) is 0 Å². The van der Waals surface area contributed by atoms with E-state index in [2.05, 4.69) is 0 Å². The molecule has 0 atom stereocenters. The molecule has 0 N–H and O–H groups in total. The number of carbonyl (C=O) groups excluding carboxylic acids is 1. The average Bonchev–Trinajstić information content (AvgIpc) is 2.40. The molecule has 4 heteroatoms. The smallest absolute Gasteiger partial charge is 0.169 e. The zero-order valence-electron chi connectivity index (χ0n) is 11.6. The zero-order valence-corrected chi connectivity index (χ0v) is 12.4. The van der Waals surface area contributed by atoms with Crippen LogP contribution in [0.2, 0.25) is 5.02 Å². The Morgan fingerprint density at radius 1 is 1.32 bits per heavy atom. The van der Waals surface area contributed by atoms with E-state index in [4.69, 9.17) is 16.3 Å². The molecule has 2 nitrogen and oxygen atoms in total. The first kappa shape index (κ1) is 16.1. The number of halogens is 2. The highest BCUT2D eigenvalue weighted by Gasteiger charge is 2.35. The third-order valence-corrected chi connectivity index (χ3v) is 3.80. The van der Waals surface area contributed by atoms with Gasteiger partial charge in [0.05, 0.1) is 0 Å². The molecule has 0 amide bonds. The van der Waals surface area contributed by atoms with Crippen molar-refractivity contribution in [3.63, 3.8) is 0 Å². The fourth-order valence-corrected chi connectivity index (χ4v) is 2.40. The van der Waals surface area contributed by atoms with Crippen LogP contribution in [0.25, 0.3) is 0 Å². The van der Waals surface area contributed by atoms with E-state index in [1.54, 1.807) is 0 Å². The van der Waals surface area contributed by atoms with Crippen molar-refractivity contribution >= 4 is 17.4 Å². The predicted octanol–water partition coefficient (Wildman–Crippen LogP) is 4.19. The number of carbonyl (C=O) groups is 1. The first-order valence-corrected chi connectivity index (χ1v) is 6.98. The maximum Gasteiger partial charge on any atom is 0.169 e. The van der Waals surface area contributed by atoms with Crippen LogP contribution in [-0.4, -0.2) is 18.0 Å². The quantitative estimate of drug-likeness (QED) is 0.751. The summed E-state index contributed by atoms with van der Waals surface area (Å²) < 4.78 is 18.9. The van der Waals surface area contributed by atoms with Crippen LogP contribution < -0.4 is 0 Å². The topological polar surface area (TPSA) is 26.3 Å². The Labute approximate surface area is 118 Å². The molecule has 0 aliphatic heterocycles. The molecular formula is C15H20ClFO2. The molecule has 0 aromatic heterocycles. The molecule has 1 aromatic carbocycles. The molecule has 0 aliphatic carbocycles. The third kappa shape index (κ3) is 3.77. The number of benzene rings is 1. The summed E-state index contributed by atoms with van der Waals surface area (Å²) in [5, 5.41) is 0.410. The summed E-state index contributed by atoms with van der Waals surface area (Å²) in [6.07, 6.45) is 1.30. The maximum absolute atomic E-state index is 13.2. The molecule has 0 heterocycles. The van der Waals surface area contributed by atoms with Gasteiger partial charge in [0.1, 0.15) is 11.4 Å². The molecule has 0 unspecified atom stereocenters. The van der Waals surface area contributed by atoms with Crippen molar-refractivity contribution in [2.75, 3.05) is 6.61 Å². The van der Waals surface area contributed by atoms with Gasteiger partial charge < -0.3 is 4.74 Å². The summed E-state index contributed by atoms with van der Waals surface area (Å²) in [6.45, 7) is 6.18. The second-order valence-electron chi connectivity index (χ2n) is 4.47. The summed E-state index contributed by atoms with van der Waals surface area (Å²) in [5.41, 5.74) is -0.276. The van der Waals surface area contributed by atoms with Crippen LogP contribution in [0, 0.1) is 5.82 Å². The van der Waals surface area contributed by atoms with Gasteiger partial charge in [0.15, 0.2) is 5.78 Å². The van der Waals surface area contributed by atoms with Crippen molar-refractivity contribution in [3.05, 3.63) is 34.6 Å². The van der Waals surface area contributed by atoms with Crippen LogP contribution >= 0.6 is 11.6 Å². The molecule has 0 bridgehead atoms. The lowest BCUT2D eigenvalue weighted by molar-refractivity contribution is -0.144. The molecule has 0 radical (unpaired) electrons. The van der Waals surface area contributed by atoms with E-state index in [0.717, 1.165) is 0 Å². The van der Waals surface area contributed by atoms with Gasteiger partial charge in [0.2, 0.25) is 0 Å². The Morgan fingerprint density at radius 3 is 2.47 bits per heavy atom. The van der Waals surface area contributed by atoms with Crippen LogP contribution in [0.5, 0.6) is 0 Å². The number of hydrogen-bond acceptors (Lipinski definition) is 2. The Hall–Kier alpha value is -0.930. The van der Waals surface area contributed by atoms with Crippen molar-refractivity contribution in [2.24, 2.45) is 0 Å². The van der Waals surface area contributed by atoms with Gasteiger partial charge in [-0.15, -0.1) is 0 Å². The number of ether oxygens (including phenoxy) is 1. The van der Waals surface area contributed by atoms with Gasteiger partial charge >= 0.3 is 0 Å². The Balaban J connectivity index is 2.96. The maximum atomic E-state index is 13.2. The highest BCUT2D eigenvalue weighted by Crippen LogP contribution is 2.26. The van der Waals surface area contributed by atoms with E-state index >= 15 is 0 Å². The first-order valence-electron chi connectivity index (χ1n) is 6.60. The molecule has 106 valence electrons. The monoisotopic (exact) mass is 286 g/mol. The van der Waals surface area contributed by atoms with E-state index in [9.17, 15) is 9.18 Å². The second kappa shape index (κ2) is 7.01. The number of Topliss-reactive ketones (excluding diaryl/α,β-unsaturated/α-hetero) is 1. The molecule has 1 rings (SSSR count). The first-order chi connectivity index (χ1) is 8.99. The van der Waals surface area contributed by atoms with Gasteiger partial charge in [0, 0.05) is 18.1 Å². The Morgan fingerprint density at radius 2 is 1.95 bits per heavy atom. The standard InChI is InChI=1S/C15H20ClFO2/c1-4-15(5-2,19-6-3)14(18)10-11-9-12(17)7-8-13(11)16/h7-9H,4-6,10H2,1-3H3. The number of rotatable bonds is 7. The van der Waals surface area contributed by atoms with E-state index in [1.807, 2.05) is 20.8 Å². The minimum Gasteiger partial charge on any atom is -0.368 e.